The van der Waals surface area contributed by atoms with E-state index in [0.717, 1.165) is 18.9 Å². The van der Waals surface area contributed by atoms with Crippen LogP contribution in [-0.4, -0.2) is 19.9 Å². The Hall–Kier alpha value is -1.67. The van der Waals surface area contributed by atoms with E-state index in [1.54, 1.807) is 0 Å². The molecule has 0 spiro atoms. The second kappa shape index (κ2) is 4.67. The van der Waals surface area contributed by atoms with E-state index >= 15 is 0 Å². The van der Waals surface area contributed by atoms with Crippen molar-refractivity contribution in [3.8, 4) is 0 Å². The minimum absolute atomic E-state index is 0.0975. The molecular weight excluding hydrogens is 294 g/mol. The lowest BCUT2D eigenvalue weighted by atomic mass is 10.0. The van der Waals surface area contributed by atoms with Gasteiger partial charge in [-0.1, -0.05) is 0 Å². The first kappa shape index (κ1) is 14.3. The zero-order valence-corrected chi connectivity index (χ0v) is 12.2. The van der Waals surface area contributed by atoms with E-state index in [2.05, 4.69) is 5.32 Å². The number of anilines is 1. The van der Waals surface area contributed by atoms with Crippen LogP contribution in [0.3, 0.4) is 0 Å². The number of sulfonamides is 1. The number of rotatable bonds is 6. The number of hydrogen-bond acceptors (Lipinski definition) is 5. The molecule has 2 aliphatic rings. The number of hydrogen-bond donors (Lipinski definition) is 2. The van der Waals surface area contributed by atoms with E-state index in [1.165, 1.54) is 25.0 Å². The van der Waals surface area contributed by atoms with Crippen molar-refractivity contribution >= 4 is 21.4 Å². The van der Waals surface area contributed by atoms with Gasteiger partial charge in [0.05, 0.1) is 10.6 Å². The van der Waals surface area contributed by atoms with Crippen LogP contribution < -0.4 is 10.5 Å². The molecule has 0 aliphatic heterocycles. The van der Waals surface area contributed by atoms with Crippen molar-refractivity contribution in [3.63, 3.8) is 0 Å². The molecule has 0 atom stereocenters. The molecule has 0 aromatic heterocycles. The summed E-state index contributed by atoms with van der Waals surface area (Å²) >= 11 is 0. The van der Waals surface area contributed by atoms with Gasteiger partial charge in [0.25, 0.3) is 5.69 Å². The number of non-ortho nitro benzene ring substituents is 1. The third kappa shape index (κ3) is 2.86. The van der Waals surface area contributed by atoms with Crippen molar-refractivity contribution in [2.75, 3.05) is 11.9 Å². The van der Waals surface area contributed by atoms with Crippen LogP contribution in [0.1, 0.15) is 25.7 Å². The molecule has 7 nitrogen and oxygen atoms in total. The lowest BCUT2D eigenvalue weighted by Gasteiger charge is -2.17. The van der Waals surface area contributed by atoms with E-state index in [4.69, 9.17) is 5.14 Å². The third-order valence-corrected chi connectivity index (χ3v) is 5.42. The van der Waals surface area contributed by atoms with Crippen molar-refractivity contribution in [1.82, 2.24) is 0 Å². The van der Waals surface area contributed by atoms with Gasteiger partial charge in [0.1, 0.15) is 4.90 Å². The smallest absolute Gasteiger partial charge is 0.271 e. The Bertz CT molecular complexity index is 693. The maximum Gasteiger partial charge on any atom is 0.271 e. The molecule has 2 fully saturated rings. The standard InChI is InChI=1S/C13H17N3O4S/c14-21(19,20)12-4-3-10(16(17)18)7-11(12)15-8-13(5-6-13)9-1-2-9/h3-4,7,9,15H,1-2,5-6,8H2,(H2,14,19,20). The molecule has 3 N–H and O–H groups in total. The van der Waals surface area contributed by atoms with Gasteiger partial charge in [-0.2, -0.15) is 0 Å². The van der Waals surface area contributed by atoms with Crippen LogP contribution in [0.4, 0.5) is 11.4 Å². The third-order valence-electron chi connectivity index (χ3n) is 4.45. The number of nitro benzene ring substituents is 1. The van der Waals surface area contributed by atoms with Crippen LogP contribution in [0.25, 0.3) is 0 Å². The summed E-state index contributed by atoms with van der Waals surface area (Å²) in [7, 11) is -3.91. The quantitative estimate of drug-likeness (QED) is 0.614. The van der Waals surface area contributed by atoms with Gasteiger partial charge in [0.2, 0.25) is 10.0 Å². The van der Waals surface area contributed by atoms with Gasteiger partial charge in [0.15, 0.2) is 0 Å². The first-order chi connectivity index (χ1) is 9.82. The zero-order valence-electron chi connectivity index (χ0n) is 11.4. The Morgan fingerprint density at radius 1 is 1.38 bits per heavy atom. The molecular formula is C13H17N3O4S. The maximum absolute atomic E-state index is 11.6. The Balaban J connectivity index is 1.87. The maximum atomic E-state index is 11.6. The molecule has 1 aromatic carbocycles. The van der Waals surface area contributed by atoms with Crippen LogP contribution >= 0.6 is 0 Å². The number of nitro groups is 1. The van der Waals surface area contributed by atoms with Gasteiger partial charge < -0.3 is 5.32 Å². The highest BCUT2D eigenvalue weighted by Crippen LogP contribution is 2.61. The average Bonchev–Trinajstić information content (AvgIpc) is 3.25. The molecule has 0 bridgehead atoms. The minimum Gasteiger partial charge on any atom is -0.383 e. The van der Waals surface area contributed by atoms with Crippen molar-refractivity contribution in [1.29, 1.82) is 0 Å². The second-order valence-corrected chi connectivity index (χ2v) is 7.50. The van der Waals surface area contributed by atoms with Gasteiger partial charge in [-0.25, -0.2) is 13.6 Å². The van der Waals surface area contributed by atoms with Gasteiger partial charge in [0, 0.05) is 18.7 Å². The topological polar surface area (TPSA) is 115 Å². The summed E-state index contributed by atoms with van der Waals surface area (Å²) in [5.41, 5.74) is 0.320. The first-order valence-corrected chi connectivity index (χ1v) is 8.42. The molecule has 21 heavy (non-hydrogen) atoms. The van der Waals surface area contributed by atoms with Crippen molar-refractivity contribution in [3.05, 3.63) is 28.3 Å². The van der Waals surface area contributed by atoms with Crippen molar-refractivity contribution in [2.24, 2.45) is 16.5 Å². The van der Waals surface area contributed by atoms with Crippen LogP contribution in [0.2, 0.25) is 0 Å². The van der Waals surface area contributed by atoms with E-state index in [-0.39, 0.29) is 21.7 Å². The van der Waals surface area contributed by atoms with E-state index in [0.29, 0.717) is 12.5 Å². The molecule has 2 saturated carbocycles. The number of nitrogens with two attached hydrogens (primary N) is 1. The molecule has 114 valence electrons. The molecule has 0 radical (unpaired) electrons. The Labute approximate surface area is 122 Å². The van der Waals surface area contributed by atoms with Crippen LogP contribution in [0, 0.1) is 21.4 Å². The summed E-state index contributed by atoms with van der Waals surface area (Å²) in [5, 5.41) is 19.1. The normalized spacial score (nSPS) is 20.0. The summed E-state index contributed by atoms with van der Waals surface area (Å²) in [6.07, 6.45) is 4.70. The monoisotopic (exact) mass is 311 g/mol. The number of benzene rings is 1. The molecule has 0 saturated heterocycles. The fourth-order valence-corrected chi connectivity index (χ4v) is 3.57. The second-order valence-electron chi connectivity index (χ2n) is 5.97. The van der Waals surface area contributed by atoms with Crippen molar-refractivity contribution < 1.29 is 13.3 Å². The highest BCUT2D eigenvalue weighted by molar-refractivity contribution is 7.89. The SMILES string of the molecule is NS(=O)(=O)c1ccc([N+](=O)[O-])cc1NCC1(C2CC2)CC1. The predicted molar refractivity (Wildman–Crippen MR) is 77.4 cm³/mol. The first-order valence-electron chi connectivity index (χ1n) is 6.87. The lowest BCUT2D eigenvalue weighted by Crippen LogP contribution is -2.20. The van der Waals surface area contributed by atoms with Gasteiger partial charge >= 0.3 is 0 Å². The zero-order chi connectivity index (χ0) is 15.3. The highest BCUT2D eigenvalue weighted by atomic mass is 32.2. The Morgan fingerprint density at radius 3 is 2.52 bits per heavy atom. The largest absolute Gasteiger partial charge is 0.383 e. The van der Waals surface area contributed by atoms with Crippen LogP contribution in [0.15, 0.2) is 23.1 Å². The summed E-state index contributed by atoms with van der Waals surface area (Å²) < 4.78 is 23.2. The van der Waals surface area contributed by atoms with Crippen molar-refractivity contribution in [2.45, 2.75) is 30.6 Å². The fraction of sp³-hybridized carbons (Fsp3) is 0.538. The van der Waals surface area contributed by atoms with E-state index in [1.807, 2.05) is 0 Å². The van der Waals surface area contributed by atoms with Gasteiger partial charge in [-0.15, -0.1) is 0 Å². The molecule has 0 unspecified atom stereocenters. The molecule has 1 aromatic rings. The Morgan fingerprint density at radius 2 is 2.05 bits per heavy atom. The van der Waals surface area contributed by atoms with Crippen LogP contribution in [0.5, 0.6) is 0 Å². The van der Waals surface area contributed by atoms with Gasteiger partial charge in [-0.05, 0) is 43.1 Å². The van der Waals surface area contributed by atoms with E-state index in [9.17, 15) is 18.5 Å². The molecule has 3 rings (SSSR count). The number of primary sulfonamides is 1. The number of nitrogens with one attached hydrogen (secondary N) is 1. The summed E-state index contributed by atoms with van der Waals surface area (Å²) in [6.45, 7) is 0.640. The average molecular weight is 311 g/mol. The lowest BCUT2D eigenvalue weighted by molar-refractivity contribution is -0.384. The van der Waals surface area contributed by atoms with Crippen LogP contribution in [-0.2, 0) is 10.0 Å². The summed E-state index contributed by atoms with van der Waals surface area (Å²) in [6, 6.07) is 3.58. The Kier molecular flexibility index (Phi) is 3.18. The van der Waals surface area contributed by atoms with Gasteiger partial charge in [-0.3, -0.25) is 10.1 Å². The van der Waals surface area contributed by atoms with E-state index < -0.39 is 14.9 Å². The molecule has 2 aliphatic carbocycles. The fourth-order valence-electron chi connectivity index (χ4n) is 2.87. The minimum atomic E-state index is -3.91. The highest BCUT2D eigenvalue weighted by Gasteiger charge is 2.53. The molecule has 0 heterocycles. The number of nitrogens with zero attached hydrogens (tertiary/aromatic N) is 1. The predicted octanol–water partition coefficient (Wildman–Crippen LogP) is 1.84. The molecule has 8 heteroatoms. The summed E-state index contributed by atoms with van der Waals surface area (Å²) in [4.78, 5) is 10.2. The molecule has 0 amide bonds. The summed E-state index contributed by atoms with van der Waals surface area (Å²) in [5.74, 6) is 0.710.